The summed E-state index contributed by atoms with van der Waals surface area (Å²) >= 11 is 0. The van der Waals surface area contributed by atoms with E-state index in [1.165, 1.54) is 4.68 Å². The molecular formula is C19H21BFN3O. The van der Waals surface area contributed by atoms with Crippen LogP contribution < -0.4 is 15.9 Å². The van der Waals surface area contributed by atoms with Gasteiger partial charge in [0.05, 0.1) is 5.69 Å². The van der Waals surface area contributed by atoms with Crippen molar-refractivity contribution in [3.63, 3.8) is 0 Å². The second-order valence-electron chi connectivity index (χ2n) is 6.30. The van der Waals surface area contributed by atoms with Crippen LogP contribution in [0.3, 0.4) is 0 Å². The van der Waals surface area contributed by atoms with Crippen LogP contribution in [0.1, 0.15) is 16.7 Å². The third kappa shape index (κ3) is 3.24. The van der Waals surface area contributed by atoms with Crippen LogP contribution in [0.25, 0.3) is 11.3 Å². The molecule has 0 atom stereocenters. The summed E-state index contributed by atoms with van der Waals surface area (Å²) in [4.78, 5) is 0. The van der Waals surface area contributed by atoms with E-state index in [1.54, 1.807) is 14.0 Å². The van der Waals surface area contributed by atoms with E-state index in [9.17, 15) is 4.39 Å². The maximum atomic E-state index is 13.9. The molecule has 0 bridgehead atoms. The van der Waals surface area contributed by atoms with Gasteiger partial charge in [-0.15, -0.1) is 0 Å². The predicted molar refractivity (Wildman–Crippen MR) is 101 cm³/mol. The molecule has 128 valence electrons. The van der Waals surface area contributed by atoms with Gasteiger partial charge in [0, 0.05) is 29.4 Å². The maximum Gasteiger partial charge on any atom is 0.214 e. The van der Waals surface area contributed by atoms with E-state index in [0.717, 1.165) is 33.6 Å². The van der Waals surface area contributed by atoms with Crippen molar-refractivity contribution in [1.82, 2.24) is 9.78 Å². The SMILES string of the molecule is Bc1cccc(N)c1COc1ccc(-c2nn(C)c(F)c2C)cc1C. The average molecular weight is 337 g/mol. The molecule has 0 spiro atoms. The van der Waals surface area contributed by atoms with Gasteiger partial charge in [0.15, 0.2) is 0 Å². The molecule has 0 aliphatic heterocycles. The first-order valence-electron chi connectivity index (χ1n) is 8.15. The number of benzene rings is 2. The van der Waals surface area contributed by atoms with Crippen LogP contribution in [0.4, 0.5) is 10.1 Å². The highest BCUT2D eigenvalue weighted by atomic mass is 19.1. The van der Waals surface area contributed by atoms with E-state index in [-0.39, 0.29) is 5.95 Å². The molecule has 2 N–H and O–H groups in total. The van der Waals surface area contributed by atoms with Crippen LogP contribution in [-0.2, 0) is 13.7 Å². The van der Waals surface area contributed by atoms with Gasteiger partial charge in [-0.05, 0) is 43.7 Å². The second kappa shape index (κ2) is 6.63. The van der Waals surface area contributed by atoms with E-state index >= 15 is 0 Å². The zero-order valence-electron chi connectivity index (χ0n) is 14.9. The van der Waals surface area contributed by atoms with Crippen LogP contribution in [0.5, 0.6) is 5.75 Å². The Bertz CT molecular complexity index is 916. The molecule has 3 aromatic rings. The fourth-order valence-electron chi connectivity index (χ4n) is 2.91. The summed E-state index contributed by atoms with van der Waals surface area (Å²) in [6, 6.07) is 11.6. The van der Waals surface area contributed by atoms with E-state index in [2.05, 4.69) is 5.10 Å². The zero-order valence-corrected chi connectivity index (χ0v) is 14.9. The molecular weight excluding hydrogens is 316 g/mol. The van der Waals surface area contributed by atoms with Crippen LogP contribution in [-0.4, -0.2) is 17.6 Å². The third-order valence-electron chi connectivity index (χ3n) is 4.47. The van der Waals surface area contributed by atoms with Crippen LogP contribution in [0.15, 0.2) is 36.4 Å². The summed E-state index contributed by atoms with van der Waals surface area (Å²) in [5.41, 5.74) is 11.9. The van der Waals surface area contributed by atoms with E-state index in [4.69, 9.17) is 10.5 Å². The summed E-state index contributed by atoms with van der Waals surface area (Å²) in [6.45, 7) is 4.11. The summed E-state index contributed by atoms with van der Waals surface area (Å²) in [6.07, 6.45) is 0. The highest BCUT2D eigenvalue weighted by Gasteiger charge is 2.14. The minimum atomic E-state index is -0.317. The fraction of sp³-hybridized carbons (Fsp3) is 0.211. The third-order valence-corrected chi connectivity index (χ3v) is 4.47. The molecule has 4 nitrogen and oxygen atoms in total. The molecule has 0 saturated heterocycles. The Morgan fingerprint density at radius 2 is 2.00 bits per heavy atom. The Hall–Kier alpha value is -2.76. The van der Waals surface area contributed by atoms with Gasteiger partial charge in [-0.2, -0.15) is 9.49 Å². The number of hydrogen-bond donors (Lipinski definition) is 1. The summed E-state index contributed by atoms with van der Waals surface area (Å²) < 4.78 is 21.1. The van der Waals surface area contributed by atoms with Gasteiger partial charge in [0.25, 0.3) is 0 Å². The minimum absolute atomic E-state index is 0.317. The number of ether oxygens (including phenoxy) is 1. The molecule has 0 aliphatic carbocycles. The Balaban J connectivity index is 1.84. The number of halogens is 1. The van der Waals surface area contributed by atoms with Crippen molar-refractivity contribution < 1.29 is 9.13 Å². The van der Waals surface area contributed by atoms with Crippen LogP contribution >= 0.6 is 0 Å². The Kier molecular flexibility index (Phi) is 4.53. The van der Waals surface area contributed by atoms with Gasteiger partial charge in [-0.25, -0.2) is 4.68 Å². The first-order chi connectivity index (χ1) is 11.9. The Morgan fingerprint density at radius 1 is 1.24 bits per heavy atom. The molecule has 0 fully saturated rings. The molecule has 0 amide bonds. The number of rotatable bonds is 4. The van der Waals surface area contributed by atoms with Crippen molar-refractivity contribution in [2.75, 3.05) is 5.73 Å². The molecule has 3 rings (SSSR count). The lowest BCUT2D eigenvalue weighted by molar-refractivity contribution is 0.306. The lowest BCUT2D eigenvalue weighted by atomic mass is 9.90. The minimum Gasteiger partial charge on any atom is -0.489 e. The molecule has 25 heavy (non-hydrogen) atoms. The molecule has 2 aromatic carbocycles. The number of nitrogens with two attached hydrogens (primary N) is 1. The van der Waals surface area contributed by atoms with Crippen molar-refractivity contribution >= 4 is 19.0 Å². The quantitative estimate of drug-likeness (QED) is 0.587. The average Bonchev–Trinajstić information content (AvgIpc) is 2.83. The number of nitrogens with zero attached hydrogens (tertiary/aromatic N) is 2. The molecule has 0 aliphatic rings. The number of aromatic nitrogens is 2. The van der Waals surface area contributed by atoms with Crippen molar-refractivity contribution in [1.29, 1.82) is 0 Å². The Labute approximate surface area is 147 Å². The maximum absolute atomic E-state index is 13.9. The number of anilines is 1. The first-order valence-corrected chi connectivity index (χ1v) is 8.15. The topological polar surface area (TPSA) is 53.1 Å². The van der Waals surface area contributed by atoms with Gasteiger partial charge in [0.2, 0.25) is 5.95 Å². The molecule has 0 radical (unpaired) electrons. The van der Waals surface area contributed by atoms with E-state index < -0.39 is 0 Å². The lowest BCUT2D eigenvalue weighted by Crippen LogP contribution is -2.15. The van der Waals surface area contributed by atoms with E-state index in [1.807, 2.05) is 51.2 Å². The molecule has 1 aromatic heterocycles. The van der Waals surface area contributed by atoms with Gasteiger partial charge >= 0.3 is 0 Å². The van der Waals surface area contributed by atoms with Crippen LogP contribution in [0, 0.1) is 19.8 Å². The highest BCUT2D eigenvalue weighted by Crippen LogP contribution is 2.29. The summed E-state index contributed by atoms with van der Waals surface area (Å²) in [5, 5.41) is 4.25. The van der Waals surface area contributed by atoms with Crippen molar-refractivity contribution in [3.8, 4) is 17.0 Å². The fourth-order valence-corrected chi connectivity index (χ4v) is 2.91. The normalized spacial score (nSPS) is 10.9. The summed E-state index contributed by atoms with van der Waals surface area (Å²) in [5.74, 6) is 0.462. The van der Waals surface area contributed by atoms with Gasteiger partial charge in [-0.3, -0.25) is 0 Å². The Morgan fingerprint density at radius 3 is 2.60 bits per heavy atom. The highest BCUT2D eigenvalue weighted by molar-refractivity contribution is 6.33. The summed E-state index contributed by atoms with van der Waals surface area (Å²) in [7, 11) is 3.62. The standard InChI is InChI=1S/C19H21BFN3O/c1-11-9-13(18-12(2)19(21)24(3)23-18)7-8-17(11)25-10-14-15(20)5-4-6-16(14)22/h4-9H,10,20,22H2,1-3H3. The number of hydrogen-bond acceptors (Lipinski definition) is 3. The monoisotopic (exact) mass is 337 g/mol. The number of aryl methyl sites for hydroxylation is 2. The second-order valence-corrected chi connectivity index (χ2v) is 6.30. The van der Waals surface area contributed by atoms with E-state index in [0.29, 0.717) is 17.9 Å². The van der Waals surface area contributed by atoms with Gasteiger partial charge < -0.3 is 10.5 Å². The zero-order chi connectivity index (χ0) is 18.1. The van der Waals surface area contributed by atoms with Crippen molar-refractivity contribution in [2.45, 2.75) is 20.5 Å². The van der Waals surface area contributed by atoms with Crippen molar-refractivity contribution in [3.05, 3.63) is 59.0 Å². The molecule has 0 saturated carbocycles. The van der Waals surface area contributed by atoms with Crippen LogP contribution in [0.2, 0.25) is 0 Å². The van der Waals surface area contributed by atoms with Crippen molar-refractivity contribution in [2.24, 2.45) is 7.05 Å². The van der Waals surface area contributed by atoms with Gasteiger partial charge in [-0.1, -0.05) is 17.6 Å². The molecule has 6 heteroatoms. The largest absolute Gasteiger partial charge is 0.489 e. The molecule has 1 heterocycles. The number of nitrogen functional groups attached to an aromatic ring is 1. The first kappa shape index (κ1) is 17.1. The smallest absolute Gasteiger partial charge is 0.214 e. The predicted octanol–water partition coefficient (Wildman–Crippen LogP) is 2.26. The van der Waals surface area contributed by atoms with Gasteiger partial charge in [0.1, 0.15) is 20.2 Å². The molecule has 0 unspecified atom stereocenters. The lowest BCUT2D eigenvalue weighted by Gasteiger charge is -2.13.